The molecule has 0 bridgehead atoms. The number of aromatic amines is 1. The average Bonchev–Trinajstić information content (AvgIpc) is 3.15. The van der Waals surface area contributed by atoms with Crippen molar-refractivity contribution in [3.05, 3.63) is 47.3 Å². The number of amides is 1. The maximum absolute atomic E-state index is 12.3. The summed E-state index contributed by atoms with van der Waals surface area (Å²) in [6.07, 6.45) is 3.00. The molecular formula is C16H18IN3O. The van der Waals surface area contributed by atoms with Gasteiger partial charge in [-0.25, -0.2) is 0 Å². The van der Waals surface area contributed by atoms with Gasteiger partial charge >= 0.3 is 0 Å². The Morgan fingerprint density at radius 1 is 1.38 bits per heavy atom. The van der Waals surface area contributed by atoms with Crippen molar-refractivity contribution in [3.8, 4) is 0 Å². The number of halogens is 1. The van der Waals surface area contributed by atoms with E-state index >= 15 is 0 Å². The second-order valence-electron chi connectivity index (χ2n) is 5.12. The monoisotopic (exact) mass is 395 g/mol. The normalized spacial score (nSPS) is 15.2. The van der Waals surface area contributed by atoms with Crippen LogP contribution in [0.3, 0.4) is 0 Å². The number of aryl methyl sites for hydroxylation is 1. The molecule has 4 nitrogen and oxygen atoms in total. The molecule has 1 aliphatic rings. The lowest BCUT2D eigenvalue weighted by atomic mass is 10.1. The first-order valence-electron chi connectivity index (χ1n) is 7.01. The van der Waals surface area contributed by atoms with E-state index in [0.29, 0.717) is 5.69 Å². The van der Waals surface area contributed by atoms with Crippen molar-refractivity contribution >= 4 is 41.8 Å². The van der Waals surface area contributed by atoms with Crippen LogP contribution >= 0.6 is 21.0 Å². The zero-order valence-electron chi connectivity index (χ0n) is 12.0. The molecule has 1 amide bonds. The van der Waals surface area contributed by atoms with Crippen molar-refractivity contribution in [2.75, 3.05) is 0 Å². The Morgan fingerprint density at radius 2 is 2.24 bits per heavy atom. The highest BCUT2D eigenvalue weighted by atomic mass is 127. The zero-order chi connectivity index (χ0) is 14.8. The second kappa shape index (κ2) is 6.01. The third kappa shape index (κ3) is 3.02. The van der Waals surface area contributed by atoms with Crippen molar-refractivity contribution in [2.24, 2.45) is 0 Å². The summed E-state index contributed by atoms with van der Waals surface area (Å²) in [6, 6.07) is 8.22. The highest BCUT2D eigenvalue weighted by Crippen LogP contribution is 2.18. The molecule has 1 aromatic heterocycles. The van der Waals surface area contributed by atoms with Crippen molar-refractivity contribution in [1.82, 2.24) is 13.8 Å². The predicted octanol–water partition coefficient (Wildman–Crippen LogP) is 3.02. The van der Waals surface area contributed by atoms with Crippen LogP contribution in [0.2, 0.25) is 0 Å². The SMILES string of the molecule is CCc1ccc2[nH]c(C(=O)NC(C)C3=CNI=C3)cc2c1. The van der Waals surface area contributed by atoms with Crippen LogP contribution in [-0.4, -0.2) is 20.9 Å². The topological polar surface area (TPSA) is 56.9 Å². The standard InChI is InChI=1S/C16H18IN3O/c1-3-11-4-5-14-12(6-11)7-15(20-14)16(21)19-10(2)13-8-17-18-9-13/h4-10,18,20H,3H2,1-2H3,(H,19,21). The molecule has 0 fully saturated rings. The summed E-state index contributed by atoms with van der Waals surface area (Å²) in [4.78, 5) is 15.5. The minimum atomic E-state index is -0.0620. The fourth-order valence-electron chi connectivity index (χ4n) is 2.32. The van der Waals surface area contributed by atoms with Gasteiger partial charge in [0.15, 0.2) is 0 Å². The van der Waals surface area contributed by atoms with E-state index in [-0.39, 0.29) is 33.0 Å². The molecule has 0 spiro atoms. The summed E-state index contributed by atoms with van der Waals surface area (Å²) in [5.41, 5.74) is 4.07. The van der Waals surface area contributed by atoms with E-state index in [1.807, 2.05) is 25.3 Å². The number of fused-ring (bicyclic) bond motifs is 1. The van der Waals surface area contributed by atoms with E-state index in [0.717, 1.165) is 17.3 Å². The Balaban J connectivity index is 1.79. The third-order valence-electron chi connectivity index (χ3n) is 3.65. The minimum Gasteiger partial charge on any atom is -0.351 e. The molecule has 2 heterocycles. The summed E-state index contributed by atoms with van der Waals surface area (Å²) >= 11 is -0.0620. The Morgan fingerprint density at radius 3 is 2.95 bits per heavy atom. The molecule has 3 rings (SSSR count). The Hall–Kier alpha value is -1.63. The van der Waals surface area contributed by atoms with Gasteiger partial charge in [0.05, 0.1) is 6.04 Å². The van der Waals surface area contributed by atoms with Gasteiger partial charge in [-0.15, -0.1) is 0 Å². The van der Waals surface area contributed by atoms with E-state index in [1.165, 1.54) is 11.1 Å². The fourth-order valence-corrected chi connectivity index (χ4v) is 4.12. The first-order chi connectivity index (χ1) is 10.2. The van der Waals surface area contributed by atoms with Crippen LogP contribution in [0.4, 0.5) is 0 Å². The second-order valence-corrected chi connectivity index (χ2v) is 6.99. The molecule has 1 unspecified atom stereocenters. The van der Waals surface area contributed by atoms with Gasteiger partial charge in [0.2, 0.25) is 0 Å². The van der Waals surface area contributed by atoms with Crippen LogP contribution in [0.15, 0.2) is 36.0 Å². The van der Waals surface area contributed by atoms with Crippen LogP contribution in [0.25, 0.3) is 10.9 Å². The van der Waals surface area contributed by atoms with E-state index < -0.39 is 0 Å². The molecule has 1 aliphatic heterocycles. The number of aromatic nitrogens is 1. The smallest absolute Gasteiger partial charge is 0.268 e. The number of benzene rings is 1. The van der Waals surface area contributed by atoms with Crippen molar-refractivity contribution in [1.29, 1.82) is 0 Å². The fraction of sp³-hybridized carbons (Fsp3) is 0.250. The molecule has 0 saturated heterocycles. The maximum Gasteiger partial charge on any atom is 0.268 e. The summed E-state index contributed by atoms with van der Waals surface area (Å²) < 4.78 is 5.43. The van der Waals surface area contributed by atoms with Gasteiger partial charge in [0, 0.05) is 17.1 Å². The number of rotatable bonds is 4. The molecule has 3 N–H and O–H groups in total. The lowest BCUT2D eigenvalue weighted by Crippen LogP contribution is -2.34. The van der Waals surface area contributed by atoms with Crippen LogP contribution in [0.5, 0.6) is 0 Å². The molecule has 5 heteroatoms. The third-order valence-corrected chi connectivity index (χ3v) is 5.35. The molecule has 0 saturated carbocycles. The predicted molar refractivity (Wildman–Crippen MR) is 95.9 cm³/mol. The van der Waals surface area contributed by atoms with Gasteiger partial charge in [0.25, 0.3) is 5.91 Å². The molecule has 1 aromatic carbocycles. The quantitative estimate of drug-likeness (QED) is 0.551. The highest BCUT2D eigenvalue weighted by molar-refractivity contribution is 14.2. The van der Waals surface area contributed by atoms with Gasteiger partial charge in [-0.1, -0.05) is 13.0 Å². The van der Waals surface area contributed by atoms with Gasteiger partial charge in [0.1, 0.15) is 5.69 Å². The van der Waals surface area contributed by atoms with Crippen LogP contribution in [0, 0.1) is 0 Å². The Labute approximate surface area is 134 Å². The highest BCUT2D eigenvalue weighted by Gasteiger charge is 2.15. The zero-order valence-corrected chi connectivity index (χ0v) is 14.2. The van der Waals surface area contributed by atoms with Crippen LogP contribution < -0.4 is 8.85 Å². The van der Waals surface area contributed by atoms with Crippen molar-refractivity contribution in [3.63, 3.8) is 0 Å². The molecule has 0 aliphatic carbocycles. The van der Waals surface area contributed by atoms with E-state index in [9.17, 15) is 4.79 Å². The number of carbonyl (C=O) groups excluding carboxylic acids is 1. The van der Waals surface area contributed by atoms with E-state index in [1.54, 1.807) is 0 Å². The molecule has 0 radical (unpaired) electrons. The van der Waals surface area contributed by atoms with Crippen molar-refractivity contribution in [2.45, 2.75) is 26.3 Å². The number of H-pyrrole nitrogens is 1. The van der Waals surface area contributed by atoms with Crippen LogP contribution in [-0.2, 0) is 6.42 Å². The summed E-state index contributed by atoms with van der Waals surface area (Å²) in [5, 5.41) is 4.12. The summed E-state index contributed by atoms with van der Waals surface area (Å²) in [5.74, 6) is -0.0591. The van der Waals surface area contributed by atoms with Gasteiger partial charge in [-0.2, -0.15) is 0 Å². The number of hydrogen-bond acceptors (Lipinski definition) is 2. The number of hydrogen-bond donors (Lipinski definition) is 3. The lowest BCUT2D eigenvalue weighted by molar-refractivity contribution is 0.0942. The average molecular weight is 395 g/mol. The van der Waals surface area contributed by atoms with Gasteiger partial charge < -0.3 is 13.8 Å². The molecular weight excluding hydrogens is 377 g/mol. The maximum atomic E-state index is 12.3. The molecule has 2 aromatic rings. The van der Waals surface area contributed by atoms with Crippen molar-refractivity contribution < 1.29 is 4.79 Å². The lowest BCUT2D eigenvalue weighted by Gasteiger charge is -2.12. The first-order valence-corrected chi connectivity index (χ1v) is 9.33. The molecule has 110 valence electrons. The molecule has 1 atom stereocenters. The largest absolute Gasteiger partial charge is 0.351 e. The van der Waals surface area contributed by atoms with Crippen LogP contribution in [0.1, 0.15) is 29.9 Å². The van der Waals surface area contributed by atoms with E-state index in [2.05, 4.69) is 36.9 Å². The minimum absolute atomic E-state index is 0.0322. The molecule has 21 heavy (non-hydrogen) atoms. The van der Waals surface area contributed by atoms with Gasteiger partial charge in [-0.05, 0) is 67.7 Å². The number of carbonyl (C=O) groups is 1. The summed E-state index contributed by atoms with van der Waals surface area (Å²) in [7, 11) is 0. The van der Waals surface area contributed by atoms with E-state index in [4.69, 9.17) is 0 Å². The first kappa shape index (κ1) is 14.3. The van der Waals surface area contributed by atoms with Gasteiger partial charge in [-0.3, -0.25) is 4.79 Å². The Bertz CT molecular complexity index is 745. The summed E-state index contributed by atoms with van der Waals surface area (Å²) in [6.45, 7) is 4.14. The number of nitrogens with one attached hydrogen (secondary N) is 3. The Kier molecular flexibility index (Phi) is 4.10.